The van der Waals surface area contributed by atoms with Gasteiger partial charge in [-0.15, -0.1) is 0 Å². The van der Waals surface area contributed by atoms with Gasteiger partial charge in [-0.3, -0.25) is 4.79 Å². The predicted octanol–water partition coefficient (Wildman–Crippen LogP) is 0.819. The van der Waals surface area contributed by atoms with Crippen molar-refractivity contribution < 1.29 is 10.0 Å². The summed E-state index contributed by atoms with van der Waals surface area (Å²) in [6, 6.07) is 0. The first-order valence-corrected chi connectivity index (χ1v) is 5.33. The van der Waals surface area contributed by atoms with Gasteiger partial charge in [-0.1, -0.05) is 31.3 Å². The van der Waals surface area contributed by atoms with Crippen molar-refractivity contribution in [2.24, 2.45) is 16.3 Å². The van der Waals surface area contributed by atoms with Crippen LogP contribution < -0.4 is 11.1 Å². The Kier molecular flexibility index (Phi) is 3.94. The minimum Gasteiger partial charge on any atom is -0.409 e. The lowest BCUT2D eigenvalue weighted by Crippen LogP contribution is -2.43. The van der Waals surface area contributed by atoms with E-state index in [-0.39, 0.29) is 23.7 Å². The Morgan fingerprint density at radius 3 is 2.60 bits per heavy atom. The molecule has 1 saturated carbocycles. The van der Waals surface area contributed by atoms with E-state index in [1.165, 1.54) is 6.42 Å². The summed E-state index contributed by atoms with van der Waals surface area (Å²) in [5, 5.41) is 13.8. The summed E-state index contributed by atoms with van der Waals surface area (Å²) in [6.07, 6.45) is 5.27. The fourth-order valence-corrected chi connectivity index (χ4v) is 1.98. The third-order valence-corrected chi connectivity index (χ3v) is 3.06. The van der Waals surface area contributed by atoms with E-state index in [0.717, 1.165) is 25.7 Å². The average molecular weight is 213 g/mol. The number of carbonyl (C=O) groups excluding carboxylic acids is 1. The maximum atomic E-state index is 11.8. The molecular weight excluding hydrogens is 194 g/mol. The van der Waals surface area contributed by atoms with Gasteiger partial charge in [0.05, 0.1) is 6.54 Å². The number of carbonyl (C=O) groups is 1. The van der Waals surface area contributed by atoms with Crippen LogP contribution in [-0.2, 0) is 4.79 Å². The average Bonchev–Trinajstić information content (AvgIpc) is 2.26. The fraction of sp³-hybridized carbons (Fsp3) is 0.800. The van der Waals surface area contributed by atoms with Crippen LogP contribution >= 0.6 is 0 Å². The summed E-state index contributed by atoms with van der Waals surface area (Å²) in [6.45, 7) is 2.10. The van der Waals surface area contributed by atoms with Crippen molar-refractivity contribution in [1.29, 1.82) is 0 Å². The van der Waals surface area contributed by atoms with Gasteiger partial charge in [0.15, 0.2) is 5.84 Å². The molecule has 0 spiro atoms. The number of oxime groups is 1. The first-order chi connectivity index (χ1) is 7.08. The third-order valence-electron chi connectivity index (χ3n) is 3.06. The molecule has 0 radical (unpaired) electrons. The van der Waals surface area contributed by atoms with Crippen LogP contribution in [-0.4, -0.2) is 23.5 Å². The molecule has 4 N–H and O–H groups in total. The van der Waals surface area contributed by atoms with Gasteiger partial charge in [-0.25, -0.2) is 0 Å². The van der Waals surface area contributed by atoms with E-state index in [2.05, 4.69) is 10.5 Å². The van der Waals surface area contributed by atoms with Crippen molar-refractivity contribution in [2.75, 3.05) is 6.54 Å². The fourth-order valence-electron chi connectivity index (χ4n) is 1.98. The largest absolute Gasteiger partial charge is 0.409 e. The highest BCUT2D eigenvalue weighted by Crippen LogP contribution is 2.35. The number of hydrogen-bond acceptors (Lipinski definition) is 3. The van der Waals surface area contributed by atoms with E-state index in [0.29, 0.717) is 0 Å². The van der Waals surface area contributed by atoms with Gasteiger partial charge >= 0.3 is 0 Å². The quantitative estimate of drug-likeness (QED) is 0.281. The minimum absolute atomic E-state index is 0.00815. The van der Waals surface area contributed by atoms with Crippen LogP contribution in [0.15, 0.2) is 5.16 Å². The molecule has 0 aromatic carbocycles. The summed E-state index contributed by atoms with van der Waals surface area (Å²) in [5.74, 6) is 0.0385. The number of nitrogens with two attached hydrogens (primary N) is 1. The van der Waals surface area contributed by atoms with Crippen LogP contribution in [0.2, 0.25) is 0 Å². The third kappa shape index (κ3) is 3.11. The smallest absolute Gasteiger partial charge is 0.226 e. The molecule has 15 heavy (non-hydrogen) atoms. The highest BCUT2D eigenvalue weighted by Gasteiger charge is 2.34. The topological polar surface area (TPSA) is 87.7 Å². The van der Waals surface area contributed by atoms with Crippen molar-refractivity contribution >= 4 is 11.7 Å². The zero-order chi connectivity index (χ0) is 11.3. The van der Waals surface area contributed by atoms with Gasteiger partial charge in [-0.2, -0.15) is 0 Å². The second-order valence-electron chi connectivity index (χ2n) is 4.40. The highest BCUT2D eigenvalue weighted by molar-refractivity contribution is 5.89. The van der Waals surface area contributed by atoms with Gasteiger partial charge in [0, 0.05) is 5.41 Å². The lowest BCUT2D eigenvalue weighted by atomic mass is 9.75. The molecule has 1 aliphatic rings. The van der Waals surface area contributed by atoms with Crippen LogP contribution in [0.4, 0.5) is 0 Å². The standard InChI is InChI=1S/C10H19N3O2/c1-10(5-3-2-4-6-10)9(14)12-7-8(11)13-15/h15H,2-7H2,1H3,(H2,11,13)(H,12,14). The zero-order valence-corrected chi connectivity index (χ0v) is 9.12. The van der Waals surface area contributed by atoms with Crippen LogP contribution in [0, 0.1) is 5.41 Å². The molecule has 5 nitrogen and oxygen atoms in total. The first-order valence-electron chi connectivity index (χ1n) is 5.33. The number of rotatable bonds is 3. The molecular formula is C10H19N3O2. The lowest BCUT2D eigenvalue weighted by Gasteiger charge is -2.31. The van der Waals surface area contributed by atoms with Crippen molar-refractivity contribution in [1.82, 2.24) is 5.32 Å². The Hall–Kier alpha value is -1.26. The summed E-state index contributed by atoms with van der Waals surface area (Å²) in [7, 11) is 0. The molecule has 1 rings (SSSR count). The molecule has 0 saturated heterocycles. The van der Waals surface area contributed by atoms with Crippen LogP contribution in [0.1, 0.15) is 39.0 Å². The molecule has 86 valence electrons. The lowest BCUT2D eigenvalue weighted by molar-refractivity contribution is -0.131. The molecule has 0 bridgehead atoms. The Morgan fingerprint density at radius 2 is 2.07 bits per heavy atom. The molecule has 0 aliphatic heterocycles. The summed E-state index contributed by atoms with van der Waals surface area (Å²) >= 11 is 0. The molecule has 1 amide bonds. The van der Waals surface area contributed by atoms with Crippen LogP contribution in [0.5, 0.6) is 0 Å². The van der Waals surface area contributed by atoms with Crippen molar-refractivity contribution in [3.8, 4) is 0 Å². The van der Waals surface area contributed by atoms with E-state index in [1.807, 2.05) is 6.92 Å². The van der Waals surface area contributed by atoms with Gasteiger partial charge in [0.1, 0.15) is 0 Å². The van der Waals surface area contributed by atoms with Crippen molar-refractivity contribution in [3.05, 3.63) is 0 Å². The van der Waals surface area contributed by atoms with Gasteiger partial charge in [0.25, 0.3) is 0 Å². The maximum Gasteiger partial charge on any atom is 0.226 e. The first kappa shape index (κ1) is 11.8. The second-order valence-corrected chi connectivity index (χ2v) is 4.40. The van der Waals surface area contributed by atoms with Crippen LogP contribution in [0.3, 0.4) is 0 Å². The Morgan fingerprint density at radius 1 is 1.47 bits per heavy atom. The van der Waals surface area contributed by atoms with E-state index in [1.54, 1.807) is 0 Å². The van der Waals surface area contributed by atoms with Gasteiger partial charge in [0.2, 0.25) is 5.91 Å². The SMILES string of the molecule is CC1(C(=O)NCC(N)=NO)CCCCC1. The van der Waals surface area contributed by atoms with Crippen molar-refractivity contribution in [3.63, 3.8) is 0 Å². The van der Waals surface area contributed by atoms with E-state index >= 15 is 0 Å². The Labute approximate surface area is 89.7 Å². The van der Waals surface area contributed by atoms with Gasteiger partial charge < -0.3 is 16.3 Å². The summed E-state index contributed by atoms with van der Waals surface area (Å²) < 4.78 is 0. The Bertz CT molecular complexity index is 257. The maximum absolute atomic E-state index is 11.8. The van der Waals surface area contributed by atoms with E-state index in [4.69, 9.17) is 10.9 Å². The predicted molar refractivity (Wildman–Crippen MR) is 57.6 cm³/mol. The molecule has 0 unspecified atom stereocenters. The van der Waals surface area contributed by atoms with E-state index in [9.17, 15) is 4.79 Å². The number of nitrogens with zero attached hydrogens (tertiary/aromatic N) is 1. The molecule has 0 heterocycles. The number of amidine groups is 1. The molecule has 1 aliphatic carbocycles. The Balaban J connectivity index is 2.44. The van der Waals surface area contributed by atoms with Crippen molar-refractivity contribution in [2.45, 2.75) is 39.0 Å². The summed E-state index contributed by atoms with van der Waals surface area (Å²) in [4.78, 5) is 11.8. The monoisotopic (exact) mass is 213 g/mol. The van der Waals surface area contributed by atoms with Gasteiger partial charge in [-0.05, 0) is 12.8 Å². The number of hydrogen-bond donors (Lipinski definition) is 3. The molecule has 1 fully saturated rings. The molecule has 5 heteroatoms. The second kappa shape index (κ2) is 5.00. The molecule has 0 aromatic rings. The van der Waals surface area contributed by atoms with Crippen LogP contribution in [0.25, 0.3) is 0 Å². The molecule has 0 aromatic heterocycles. The normalized spacial score (nSPS) is 21.0. The minimum atomic E-state index is -0.270. The molecule has 0 atom stereocenters. The summed E-state index contributed by atoms with van der Waals surface area (Å²) in [5.41, 5.74) is 5.01. The zero-order valence-electron chi connectivity index (χ0n) is 9.12. The highest BCUT2D eigenvalue weighted by atomic mass is 16.4. The van der Waals surface area contributed by atoms with E-state index < -0.39 is 0 Å². The number of amides is 1. The number of nitrogens with one attached hydrogen (secondary N) is 1.